The Morgan fingerprint density at radius 1 is 1.58 bits per heavy atom. The highest BCUT2D eigenvalue weighted by Gasteiger charge is 2.14. The number of nitrogens with zero attached hydrogens (tertiary/aromatic N) is 1. The maximum Gasteiger partial charge on any atom is 0.281 e. The Balaban J connectivity index is 3.14. The zero-order valence-corrected chi connectivity index (χ0v) is 8.24. The minimum atomic E-state index is -2.57. The first kappa shape index (κ1) is 9.86. The van der Waals surface area contributed by atoms with E-state index in [2.05, 4.69) is 20.9 Å². The van der Waals surface area contributed by atoms with Crippen LogP contribution in [0.2, 0.25) is 0 Å². The molecule has 12 heavy (non-hydrogen) atoms. The van der Waals surface area contributed by atoms with Gasteiger partial charge in [0.05, 0.1) is 0 Å². The number of hydrogen-bond donors (Lipinski definition) is 0. The molecule has 0 aliphatic rings. The maximum absolute atomic E-state index is 12.2. The lowest BCUT2D eigenvalue weighted by atomic mass is 10.2. The Hall–Kier alpha value is -0.220. The van der Waals surface area contributed by atoms with Gasteiger partial charge in [-0.25, -0.2) is 8.78 Å². The molecule has 0 spiro atoms. The van der Waals surface area contributed by atoms with E-state index in [9.17, 15) is 8.78 Å². The molecule has 0 unspecified atom stereocenters. The van der Waals surface area contributed by atoms with Crippen molar-refractivity contribution in [1.29, 1.82) is 0 Å². The summed E-state index contributed by atoms with van der Waals surface area (Å²) in [5.41, 5.74) is 0.370. The fourth-order valence-electron chi connectivity index (χ4n) is 0.757. The van der Waals surface area contributed by atoms with Crippen molar-refractivity contribution in [3.05, 3.63) is 28.0 Å². The molecule has 0 aliphatic carbocycles. The highest BCUT2D eigenvalue weighted by atomic mass is 79.9. The summed E-state index contributed by atoms with van der Waals surface area (Å²) < 4.78 is 24.7. The van der Waals surface area contributed by atoms with Crippen molar-refractivity contribution in [2.45, 2.75) is 12.3 Å². The lowest BCUT2D eigenvalue weighted by molar-refractivity contribution is 0.145. The molecule has 5 heteroatoms. The number of alkyl halides is 3. The quantitative estimate of drug-likeness (QED) is 0.738. The molecule has 0 radical (unpaired) electrons. The first-order chi connectivity index (χ1) is 5.66. The molecular weight excluding hydrogens is 251 g/mol. The van der Waals surface area contributed by atoms with Gasteiger partial charge >= 0.3 is 0 Å². The number of hydrogen-bond acceptors (Lipinski definition) is 1. The molecule has 0 atom stereocenters. The maximum atomic E-state index is 12.2. The van der Waals surface area contributed by atoms with E-state index in [-0.39, 0.29) is 11.6 Å². The Labute approximate surface area is 81.9 Å². The molecule has 0 N–H and O–H groups in total. The SMILES string of the molecule is FC(F)c1nccc(CCl)c1Br. The summed E-state index contributed by atoms with van der Waals surface area (Å²) in [5.74, 6) is 0.197. The van der Waals surface area contributed by atoms with E-state index in [0.717, 1.165) is 0 Å². The average Bonchev–Trinajstić information content (AvgIpc) is 2.04. The Morgan fingerprint density at radius 3 is 2.75 bits per heavy atom. The van der Waals surface area contributed by atoms with E-state index in [1.807, 2.05) is 0 Å². The molecule has 1 nitrogen and oxygen atoms in total. The van der Waals surface area contributed by atoms with Crippen molar-refractivity contribution < 1.29 is 8.78 Å². The second-order valence-corrected chi connectivity index (χ2v) is 3.16. The topological polar surface area (TPSA) is 12.9 Å². The van der Waals surface area contributed by atoms with Crippen LogP contribution in [-0.2, 0) is 5.88 Å². The number of aromatic nitrogens is 1. The van der Waals surface area contributed by atoms with Gasteiger partial charge in [-0.1, -0.05) is 0 Å². The molecule has 1 aromatic rings. The highest BCUT2D eigenvalue weighted by molar-refractivity contribution is 9.10. The summed E-state index contributed by atoms with van der Waals surface area (Å²) >= 11 is 8.52. The van der Waals surface area contributed by atoms with Gasteiger partial charge in [0.25, 0.3) is 6.43 Å². The molecule has 0 amide bonds. The van der Waals surface area contributed by atoms with E-state index in [1.54, 1.807) is 6.07 Å². The van der Waals surface area contributed by atoms with Gasteiger partial charge in [0.1, 0.15) is 5.69 Å². The Bertz CT molecular complexity index is 280. The second-order valence-electron chi connectivity index (χ2n) is 2.10. The van der Waals surface area contributed by atoms with Gasteiger partial charge in [-0.15, -0.1) is 11.6 Å². The molecular formula is C7H5BrClF2N. The number of pyridine rings is 1. The predicted octanol–water partition coefficient (Wildman–Crippen LogP) is 3.52. The van der Waals surface area contributed by atoms with Crippen molar-refractivity contribution in [3.8, 4) is 0 Å². The van der Waals surface area contributed by atoms with Crippen LogP contribution in [0.15, 0.2) is 16.7 Å². The summed E-state index contributed by atoms with van der Waals surface area (Å²) in [6.07, 6.45) is -1.24. The lowest BCUT2D eigenvalue weighted by Crippen LogP contribution is -1.94. The summed E-state index contributed by atoms with van der Waals surface area (Å²) in [6.45, 7) is 0. The van der Waals surface area contributed by atoms with Crippen molar-refractivity contribution in [1.82, 2.24) is 4.98 Å². The van der Waals surface area contributed by atoms with Gasteiger partial charge in [-0.2, -0.15) is 0 Å². The van der Waals surface area contributed by atoms with E-state index in [1.165, 1.54) is 6.20 Å². The number of halogens is 4. The molecule has 0 bridgehead atoms. The fraction of sp³-hybridized carbons (Fsp3) is 0.286. The highest BCUT2D eigenvalue weighted by Crippen LogP contribution is 2.28. The van der Waals surface area contributed by atoms with Gasteiger partial charge < -0.3 is 0 Å². The Morgan fingerprint density at radius 2 is 2.25 bits per heavy atom. The van der Waals surface area contributed by atoms with E-state index >= 15 is 0 Å². The number of rotatable bonds is 2. The van der Waals surface area contributed by atoms with Crippen LogP contribution in [-0.4, -0.2) is 4.98 Å². The smallest absolute Gasteiger partial charge is 0.254 e. The summed E-state index contributed by atoms with van der Waals surface area (Å²) in [4.78, 5) is 3.53. The van der Waals surface area contributed by atoms with Crippen LogP contribution in [0.4, 0.5) is 8.78 Å². The summed E-state index contributed by atoms with van der Waals surface area (Å²) in [7, 11) is 0. The lowest BCUT2D eigenvalue weighted by Gasteiger charge is -2.04. The van der Waals surface area contributed by atoms with Crippen molar-refractivity contribution in [2.75, 3.05) is 0 Å². The van der Waals surface area contributed by atoms with Crippen LogP contribution < -0.4 is 0 Å². The van der Waals surface area contributed by atoms with E-state index in [0.29, 0.717) is 10.0 Å². The van der Waals surface area contributed by atoms with Gasteiger partial charge in [0, 0.05) is 16.5 Å². The largest absolute Gasteiger partial charge is 0.281 e. The normalized spacial score (nSPS) is 10.8. The second kappa shape index (κ2) is 4.14. The zero-order chi connectivity index (χ0) is 9.14. The standard InChI is InChI=1S/C7H5BrClF2N/c8-5-4(3-9)1-2-12-6(5)7(10)11/h1-2,7H,3H2. The van der Waals surface area contributed by atoms with Crippen LogP contribution in [0.1, 0.15) is 17.7 Å². The van der Waals surface area contributed by atoms with Crippen LogP contribution in [0, 0.1) is 0 Å². The van der Waals surface area contributed by atoms with Gasteiger partial charge in [0.2, 0.25) is 0 Å². The Kier molecular flexibility index (Phi) is 3.40. The molecule has 1 aromatic heterocycles. The molecule has 0 saturated carbocycles. The first-order valence-corrected chi connectivity index (χ1v) is 4.47. The van der Waals surface area contributed by atoms with Gasteiger partial charge in [0.15, 0.2) is 0 Å². The van der Waals surface area contributed by atoms with Crippen LogP contribution in [0.25, 0.3) is 0 Å². The summed E-state index contributed by atoms with van der Waals surface area (Å²) in [6, 6.07) is 1.60. The van der Waals surface area contributed by atoms with Crippen LogP contribution in [0.3, 0.4) is 0 Å². The first-order valence-electron chi connectivity index (χ1n) is 3.14. The van der Waals surface area contributed by atoms with Gasteiger partial charge in [-0.05, 0) is 27.6 Å². The van der Waals surface area contributed by atoms with Crippen molar-refractivity contribution in [3.63, 3.8) is 0 Å². The van der Waals surface area contributed by atoms with E-state index < -0.39 is 6.43 Å². The van der Waals surface area contributed by atoms with Crippen molar-refractivity contribution in [2.24, 2.45) is 0 Å². The molecule has 66 valence electrons. The molecule has 0 fully saturated rings. The fourth-order valence-corrected chi connectivity index (χ4v) is 1.69. The zero-order valence-electron chi connectivity index (χ0n) is 5.90. The molecule has 0 aliphatic heterocycles. The van der Waals surface area contributed by atoms with E-state index in [4.69, 9.17) is 11.6 Å². The molecule has 0 aromatic carbocycles. The third-order valence-corrected chi connectivity index (χ3v) is 2.55. The summed E-state index contributed by atoms with van der Waals surface area (Å²) in [5, 5.41) is 0. The molecule has 0 saturated heterocycles. The predicted molar refractivity (Wildman–Crippen MR) is 46.5 cm³/mol. The average molecular weight is 256 g/mol. The minimum Gasteiger partial charge on any atom is -0.254 e. The third-order valence-electron chi connectivity index (χ3n) is 1.35. The van der Waals surface area contributed by atoms with Crippen LogP contribution >= 0.6 is 27.5 Å². The molecule has 1 rings (SSSR count). The minimum absolute atomic E-state index is 0.197. The van der Waals surface area contributed by atoms with Crippen LogP contribution in [0.5, 0.6) is 0 Å². The van der Waals surface area contributed by atoms with Crippen molar-refractivity contribution >= 4 is 27.5 Å². The van der Waals surface area contributed by atoms with Gasteiger partial charge in [-0.3, -0.25) is 4.98 Å². The molecule has 1 heterocycles. The monoisotopic (exact) mass is 255 g/mol. The third kappa shape index (κ3) is 1.93.